The average Bonchev–Trinajstić information content (AvgIpc) is 2.35. The van der Waals surface area contributed by atoms with Crippen molar-refractivity contribution in [2.45, 2.75) is 32.1 Å². The first-order valence-corrected chi connectivity index (χ1v) is 6.05. The molecule has 0 saturated heterocycles. The Morgan fingerprint density at radius 2 is 1.82 bits per heavy atom. The number of likely N-dealkylation sites (N-methyl/N-ethyl adjacent to an activating group) is 1. The number of nitrogens with one attached hydrogen (secondary N) is 1. The maximum absolute atomic E-state index is 5.66. The summed E-state index contributed by atoms with van der Waals surface area (Å²) in [6.45, 7) is 4.72. The molecule has 3 nitrogen and oxygen atoms in total. The third-order valence-electron chi connectivity index (χ3n) is 2.73. The van der Waals surface area contributed by atoms with Gasteiger partial charge >= 0.3 is 0 Å². The van der Waals surface area contributed by atoms with Crippen LogP contribution in [-0.4, -0.2) is 32.9 Å². The summed E-state index contributed by atoms with van der Waals surface area (Å²) in [6.07, 6.45) is 0.249. The summed E-state index contributed by atoms with van der Waals surface area (Å²) in [4.78, 5) is 0. The van der Waals surface area contributed by atoms with E-state index < -0.39 is 0 Å². The van der Waals surface area contributed by atoms with E-state index in [0.717, 1.165) is 0 Å². The zero-order valence-electron chi connectivity index (χ0n) is 11.1. The van der Waals surface area contributed by atoms with E-state index in [1.807, 2.05) is 39.1 Å². The second kappa shape index (κ2) is 7.43. The third-order valence-corrected chi connectivity index (χ3v) is 2.73. The summed E-state index contributed by atoms with van der Waals surface area (Å²) in [5.41, 5.74) is 1.17. The molecule has 0 fully saturated rings. The second-order valence-electron chi connectivity index (χ2n) is 4.34. The van der Waals surface area contributed by atoms with Crippen LogP contribution in [0.1, 0.15) is 25.5 Å². The van der Waals surface area contributed by atoms with Crippen molar-refractivity contribution in [3.05, 3.63) is 35.9 Å². The van der Waals surface area contributed by atoms with Gasteiger partial charge in [-0.15, -0.1) is 0 Å². The van der Waals surface area contributed by atoms with Crippen LogP contribution in [0.5, 0.6) is 0 Å². The summed E-state index contributed by atoms with van der Waals surface area (Å²) in [6, 6.07) is 10.4. The molecule has 1 N–H and O–H groups in total. The number of methoxy groups -OCH3 is 1. The first-order chi connectivity index (χ1) is 8.19. The monoisotopic (exact) mass is 237 g/mol. The highest BCUT2D eigenvalue weighted by molar-refractivity contribution is 5.19. The Morgan fingerprint density at radius 1 is 1.18 bits per heavy atom. The summed E-state index contributed by atoms with van der Waals surface area (Å²) in [7, 11) is 3.67. The Hall–Kier alpha value is -0.900. The summed E-state index contributed by atoms with van der Waals surface area (Å²) < 4.78 is 11.2. The van der Waals surface area contributed by atoms with E-state index in [4.69, 9.17) is 9.47 Å². The van der Waals surface area contributed by atoms with E-state index in [2.05, 4.69) is 17.4 Å². The summed E-state index contributed by atoms with van der Waals surface area (Å²) in [5, 5.41) is 3.26. The fourth-order valence-electron chi connectivity index (χ4n) is 1.79. The highest BCUT2D eigenvalue weighted by atomic mass is 16.5. The van der Waals surface area contributed by atoms with Gasteiger partial charge in [0.1, 0.15) is 0 Å². The van der Waals surface area contributed by atoms with Gasteiger partial charge < -0.3 is 14.8 Å². The van der Waals surface area contributed by atoms with Gasteiger partial charge in [0.25, 0.3) is 0 Å². The number of hydrogen-bond acceptors (Lipinski definition) is 3. The van der Waals surface area contributed by atoms with Gasteiger partial charge in [-0.3, -0.25) is 0 Å². The van der Waals surface area contributed by atoms with Gasteiger partial charge in [0.15, 0.2) is 0 Å². The maximum Gasteiger partial charge on any atom is 0.0996 e. The largest absolute Gasteiger partial charge is 0.377 e. The Morgan fingerprint density at radius 3 is 2.29 bits per heavy atom. The van der Waals surface area contributed by atoms with Gasteiger partial charge in [-0.1, -0.05) is 30.3 Å². The molecule has 17 heavy (non-hydrogen) atoms. The lowest BCUT2D eigenvalue weighted by atomic mass is 10.0. The van der Waals surface area contributed by atoms with Crippen molar-refractivity contribution in [1.29, 1.82) is 0 Å². The number of ether oxygens (including phenoxy) is 2. The van der Waals surface area contributed by atoms with Crippen LogP contribution in [-0.2, 0) is 9.47 Å². The van der Waals surface area contributed by atoms with Crippen LogP contribution in [0.4, 0.5) is 0 Å². The Labute approximate surface area is 104 Å². The minimum atomic E-state index is 0.0138. The van der Waals surface area contributed by atoms with E-state index in [1.54, 1.807) is 7.11 Å². The molecule has 0 radical (unpaired) electrons. The summed E-state index contributed by atoms with van der Waals surface area (Å²) >= 11 is 0. The van der Waals surface area contributed by atoms with Gasteiger partial charge in [-0.25, -0.2) is 0 Å². The average molecular weight is 237 g/mol. The van der Waals surface area contributed by atoms with Gasteiger partial charge in [-0.05, 0) is 26.5 Å². The van der Waals surface area contributed by atoms with E-state index in [0.29, 0.717) is 6.61 Å². The molecule has 2 unspecified atom stereocenters. The number of benzene rings is 1. The lowest BCUT2D eigenvalue weighted by Crippen LogP contribution is -2.38. The molecule has 0 heterocycles. The lowest BCUT2D eigenvalue weighted by molar-refractivity contribution is 0.00301. The van der Waals surface area contributed by atoms with Crippen LogP contribution in [0.2, 0.25) is 0 Å². The van der Waals surface area contributed by atoms with Gasteiger partial charge in [-0.2, -0.15) is 0 Å². The standard InChI is InChI=1S/C14H23NO2/c1-11(2)17-10-13(15-3)14(16-4)12-8-6-5-7-9-12/h5-9,11,13-15H,10H2,1-4H3. The zero-order chi connectivity index (χ0) is 12.7. The van der Waals surface area contributed by atoms with Gasteiger partial charge in [0, 0.05) is 7.11 Å². The van der Waals surface area contributed by atoms with Crippen LogP contribution < -0.4 is 5.32 Å². The smallest absolute Gasteiger partial charge is 0.0996 e. The van der Waals surface area contributed by atoms with E-state index >= 15 is 0 Å². The van der Waals surface area contributed by atoms with E-state index in [-0.39, 0.29) is 18.2 Å². The summed E-state index contributed by atoms with van der Waals surface area (Å²) in [5.74, 6) is 0. The highest BCUT2D eigenvalue weighted by Crippen LogP contribution is 2.20. The fourth-order valence-corrected chi connectivity index (χ4v) is 1.79. The highest BCUT2D eigenvalue weighted by Gasteiger charge is 2.21. The molecule has 0 bridgehead atoms. The minimum Gasteiger partial charge on any atom is -0.377 e. The third kappa shape index (κ3) is 4.46. The van der Waals surface area contributed by atoms with Crippen molar-refractivity contribution in [1.82, 2.24) is 5.32 Å². The van der Waals surface area contributed by atoms with Crippen LogP contribution in [0.3, 0.4) is 0 Å². The molecule has 0 amide bonds. The van der Waals surface area contributed by atoms with Crippen molar-refractivity contribution in [2.24, 2.45) is 0 Å². The van der Waals surface area contributed by atoms with Gasteiger partial charge in [0.05, 0.1) is 24.9 Å². The number of rotatable bonds is 7. The van der Waals surface area contributed by atoms with Crippen LogP contribution >= 0.6 is 0 Å². The molecular formula is C14H23NO2. The predicted molar refractivity (Wildman–Crippen MR) is 70.1 cm³/mol. The normalized spacial score (nSPS) is 14.9. The van der Waals surface area contributed by atoms with Crippen molar-refractivity contribution in [3.63, 3.8) is 0 Å². The fraction of sp³-hybridized carbons (Fsp3) is 0.571. The first kappa shape index (κ1) is 14.2. The quantitative estimate of drug-likeness (QED) is 0.790. The molecule has 3 heteroatoms. The Balaban J connectivity index is 2.70. The first-order valence-electron chi connectivity index (χ1n) is 6.05. The Kier molecular flexibility index (Phi) is 6.19. The van der Waals surface area contributed by atoms with Crippen LogP contribution in [0.25, 0.3) is 0 Å². The predicted octanol–water partition coefficient (Wildman–Crippen LogP) is 2.39. The molecule has 0 aliphatic carbocycles. The lowest BCUT2D eigenvalue weighted by Gasteiger charge is -2.26. The molecule has 0 aliphatic heterocycles. The number of hydrogen-bond donors (Lipinski definition) is 1. The van der Waals surface area contributed by atoms with Gasteiger partial charge in [0.2, 0.25) is 0 Å². The molecule has 0 spiro atoms. The van der Waals surface area contributed by atoms with Crippen molar-refractivity contribution >= 4 is 0 Å². The minimum absolute atomic E-state index is 0.0138. The molecule has 0 aliphatic rings. The molecule has 0 aromatic heterocycles. The molecule has 0 saturated carbocycles. The zero-order valence-corrected chi connectivity index (χ0v) is 11.1. The van der Waals surface area contributed by atoms with Crippen molar-refractivity contribution in [2.75, 3.05) is 20.8 Å². The van der Waals surface area contributed by atoms with Crippen LogP contribution in [0.15, 0.2) is 30.3 Å². The van der Waals surface area contributed by atoms with E-state index in [1.165, 1.54) is 5.56 Å². The van der Waals surface area contributed by atoms with Crippen molar-refractivity contribution < 1.29 is 9.47 Å². The molecular weight excluding hydrogens is 214 g/mol. The SMILES string of the molecule is CNC(COC(C)C)C(OC)c1ccccc1. The molecule has 2 atom stereocenters. The maximum atomic E-state index is 5.66. The van der Waals surface area contributed by atoms with Crippen molar-refractivity contribution in [3.8, 4) is 0 Å². The molecule has 1 aromatic rings. The van der Waals surface area contributed by atoms with Crippen LogP contribution in [0, 0.1) is 0 Å². The molecule has 1 aromatic carbocycles. The molecule has 1 rings (SSSR count). The topological polar surface area (TPSA) is 30.5 Å². The Bertz CT molecular complexity index is 300. The second-order valence-corrected chi connectivity index (χ2v) is 4.34. The van der Waals surface area contributed by atoms with E-state index in [9.17, 15) is 0 Å². The molecule has 96 valence electrons.